The summed E-state index contributed by atoms with van der Waals surface area (Å²) >= 11 is 0. The largest absolute Gasteiger partial charge is 0.469 e. The topological polar surface area (TPSA) is 992 Å². The second kappa shape index (κ2) is 63.4. The van der Waals surface area contributed by atoms with Crippen LogP contribution in [0.2, 0.25) is 0 Å². The average molecular weight is 1520 g/mol. The van der Waals surface area contributed by atoms with E-state index in [2.05, 4.69) is 4.52 Å². The third-order valence-corrected chi connectivity index (χ3v) is 12.1. The average Bonchev–Trinajstić information content (AvgIpc) is 0.960. The fraction of sp³-hybridized carbons (Fsp3) is 0.833. The van der Waals surface area contributed by atoms with E-state index in [-0.39, 0.29) is 50.3 Å². The Morgan fingerprint density at radius 1 is 0.200 bits per heavy atom. The molecule has 0 aliphatic carbocycles. The van der Waals surface area contributed by atoms with Crippen LogP contribution in [-0.4, -0.2) is 507 Å². The highest BCUT2D eigenvalue weighted by atomic mass is 31.2. The molecule has 0 amide bonds. The highest BCUT2D eigenvalue weighted by Gasteiger charge is 2.36. The van der Waals surface area contributed by atoms with E-state index in [0.717, 1.165) is 0 Å². The first-order valence-corrected chi connectivity index (χ1v) is 28.9. The summed E-state index contributed by atoms with van der Waals surface area (Å²) in [6.45, 7) is -6.29. The molecule has 0 aromatic rings. The Morgan fingerprint density at radius 3 is 0.380 bits per heavy atom. The molecule has 0 fully saturated rings. The van der Waals surface area contributed by atoms with Gasteiger partial charge in [0.05, 0.1) is 52.9 Å². The Bertz CT molecular complexity index is 1740. The molecule has 0 unspecified atom stereocenters. The minimum atomic E-state index is -4.80. The molecule has 0 aliphatic heterocycles. The number of phosphoric acid groups is 1. The van der Waals surface area contributed by atoms with Crippen LogP contribution in [-0.2, 0) is 47.4 Å². The molecule has 0 aliphatic rings. The van der Waals surface area contributed by atoms with Gasteiger partial charge in [-0.15, -0.1) is 0 Å². The highest BCUT2D eigenvalue weighted by molar-refractivity contribution is 7.46. The molecule has 100 heavy (non-hydrogen) atoms. The van der Waals surface area contributed by atoms with Crippen LogP contribution in [0.4, 0.5) is 0 Å². The van der Waals surface area contributed by atoms with Gasteiger partial charge in [-0.1, -0.05) is 0 Å². The number of aliphatic hydroxyl groups is 39. The molecule has 0 radical (unpaired) electrons. The van der Waals surface area contributed by atoms with Crippen LogP contribution in [0.15, 0.2) is 0 Å². The molecule has 0 bridgehead atoms. The zero-order chi connectivity index (χ0) is 81.0. The van der Waals surface area contributed by atoms with Gasteiger partial charge in [0, 0.05) is 0 Å². The van der Waals surface area contributed by atoms with Crippen LogP contribution in [0, 0.1) is 0 Å². The monoisotopic (exact) mass is 1520 g/mol. The predicted molar refractivity (Wildman–Crippen MR) is 308 cm³/mol. The number of carbonyl (C=O) groups is 8. The van der Waals surface area contributed by atoms with Gasteiger partial charge in [-0.05, 0) is 0 Å². The number of hydrogen-bond donors (Lipinski definition) is 41. The van der Waals surface area contributed by atoms with Gasteiger partial charge in [-0.3, -0.25) is 4.52 Å². The predicted octanol–water partition coefficient (Wildman–Crippen LogP) is -26.9. The van der Waals surface area contributed by atoms with E-state index in [1.807, 2.05) is 0 Å². The van der Waals surface area contributed by atoms with Crippen molar-refractivity contribution in [3.8, 4) is 0 Å². The Hall–Kier alpha value is -4.09. The second-order valence-electron chi connectivity index (χ2n) is 19.5. The highest BCUT2D eigenvalue weighted by Crippen LogP contribution is 2.36. The lowest BCUT2D eigenvalue weighted by Crippen LogP contribution is -2.46. The first kappa shape index (κ1) is 112. The quantitative estimate of drug-likeness (QED) is 0.0199. The lowest BCUT2D eigenvalue weighted by atomic mass is 10.0. The zero-order valence-electron chi connectivity index (χ0n) is 51.6. The van der Waals surface area contributed by atoms with E-state index in [0.29, 0.717) is 0 Å². The summed E-state index contributed by atoms with van der Waals surface area (Å²) in [4.78, 5) is 95.8. The van der Waals surface area contributed by atoms with E-state index in [9.17, 15) is 42.9 Å². The maximum absolute atomic E-state index is 10.2. The third-order valence-electron chi connectivity index (χ3n) is 11.6. The van der Waals surface area contributed by atoms with Crippen molar-refractivity contribution in [2.24, 2.45) is 0 Å². The number of phosphoric ester groups is 1. The van der Waals surface area contributed by atoms with Crippen molar-refractivity contribution in [1.29, 1.82) is 0 Å². The molecule has 0 spiro atoms. The molecule has 600 valence electrons. The van der Waals surface area contributed by atoms with Crippen molar-refractivity contribution in [3.05, 3.63) is 0 Å². The lowest BCUT2D eigenvalue weighted by Gasteiger charge is -2.23. The summed E-state index contributed by atoms with van der Waals surface area (Å²) in [5, 5.41) is 341. The number of aldehydes is 8. The molecular formula is C48H97O51P. The molecule has 0 aromatic carbocycles. The van der Waals surface area contributed by atoms with Crippen molar-refractivity contribution < 1.29 is 256 Å². The third kappa shape index (κ3) is 49.5. The number of carbonyl (C=O) groups excluding carboxylic acids is 8. The Balaban J connectivity index is -0.000000162. The summed E-state index contributed by atoms with van der Waals surface area (Å²) in [7, 11) is -4.80. The Morgan fingerprint density at radius 2 is 0.300 bits per heavy atom. The van der Waals surface area contributed by atoms with Crippen molar-refractivity contribution in [2.75, 3.05) is 52.9 Å². The lowest BCUT2D eigenvalue weighted by molar-refractivity contribution is -0.136. The Labute approximate surface area is 561 Å². The van der Waals surface area contributed by atoms with Gasteiger partial charge >= 0.3 is 7.82 Å². The van der Waals surface area contributed by atoms with Crippen LogP contribution in [0.25, 0.3) is 0 Å². The second-order valence-corrected chi connectivity index (χ2v) is 20.7. The van der Waals surface area contributed by atoms with Crippen molar-refractivity contribution in [2.45, 2.75) is 195 Å². The minimum absolute atomic E-state index is 0.0258. The number of hydrogen-bond acceptors (Lipinski definition) is 49. The number of rotatable bonds is 42. The van der Waals surface area contributed by atoms with Crippen LogP contribution in [0.1, 0.15) is 0 Å². The summed E-state index contributed by atoms with van der Waals surface area (Å²) in [6, 6.07) is 0. The smallest absolute Gasteiger partial charge is 0.394 e. The van der Waals surface area contributed by atoms with Gasteiger partial charge in [-0.25, -0.2) is 4.57 Å². The van der Waals surface area contributed by atoms with Crippen LogP contribution >= 0.6 is 7.82 Å². The van der Waals surface area contributed by atoms with Crippen LogP contribution < -0.4 is 0 Å². The van der Waals surface area contributed by atoms with Gasteiger partial charge in [-0.2, -0.15) is 0 Å². The van der Waals surface area contributed by atoms with Crippen molar-refractivity contribution in [3.63, 3.8) is 0 Å². The summed E-state index contributed by atoms with van der Waals surface area (Å²) in [6.07, 6.45) is -55.7. The van der Waals surface area contributed by atoms with E-state index in [1.54, 1.807) is 0 Å². The summed E-state index contributed by atoms with van der Waals surface area (Å²) in [5.41, 5.74) is 0. The normalized spacial score (nSPS) is 20.9. The van der Waals surface area contributed by atoms with E-state index in [1.165, 1.54) is 0 Å². The Kier molecular flexibility index (Phi) is 70.9. The molecule has 41 N–H and O–H groups in total. The number of aliphatic hydroxyl groups excluding tert-OH is 39. The summed E-state index contributed by atoms with van der Waals surface area (Å²) < 4.78 is 14.1. The fourth-order valence-corrected chi connectivity index (χ4v) is 5.46. The molecular weight excluding hydrogens is 1420 g/mol. The van der Waals surface area contributed by atoms with E-state index in [4.69, 9.17) is 209 Å². The fourth-order valence-electron chi connectivity index (χ4n) is 5.11. The van der Waals surface area contributed by atoms with Crippen LogP contribution in [0.3, 0.4) is 0 Å². The van der Waals surface area contributed by atoms with Gasteiger partial charge in [0.2, 0.25) is 0 Å². The van der Waals surface area contributed by atoms with Crippen LogP contribution in [0.5, 0.6) is 0 Å². The molecule has 0 saturated heterocycles. The molecule has 0 saturated carbocycles. The maximum atomic E-state index is 10.2. The molecule has 52 heteroatoms. The SMILES string of the molecule is O=C[C@@H](O)[C@@H](O)[C@@H](O)[C@H](O)CO.O=C[C@@H](O)[C@@H](O)[C@H](O)[C@H](O)CO.O=C[C@@H](O)[C@H](O)[C@@H](O)[C@H](O)CO.O=C[C@@H](O)[C@H](O)[C@H](O)[C@H](O)CO.O=C[C@H](O)[C@@H](O)[C@@H](O)[C@H](O)CO.O=C[C@H](O)[C@@H](O)[C@H](O)[C@H](O)CO.O=C[C@H](O)[C@@H](O)[C@H](O)[C@H](O)COP(=O)(O)O.O=C[C@H](O)[C@H](O)[C@@H](O)[C@H](O)CO. The molecule has 51 nitrogen and oxygen atoms in total. The summed E-state index contributed by atoms with van der Waals surface area (Å²) in [5.74, 6) is 0. The van der Waals surface area contributed by atoms with Gasteiger partial charge in [0.25, 0.3) is 0 Å². The van der Waals surface area contributed by atoms with Gasteiger partial charge in [0.15, 0.2) is 50.3 Å². The van der Waals surface area contributed by atoms with Gasteiger partial charge in [0.1, 0.15) is 195 Å². The molecule has 0 rings (SSSR count). The van der Waals surface area contributed by atoms with Crippen molar-refractivity contribution in [1.82, 2.24) is 0 Å². The minimum Gasteiger partial charge on any atom is -0.394 e. The van der Waals surface area contributed by atoms with E-state index >= 15 is 0 Å². The molecule has 0 aromatic heterocycles. The molecule has 0 heterocycles. The van der Waals surface area contributed by atoms with Gasteiger partial charge < -0.3 is 247 Å². The zero-order valence-corrected chi connectivity index (χ0v) is 52.5. The first-order chi connectivity index (χ1) is 46.0. The van der Waals surface area contributed by atoms with E-state index < -0.39 is 256 Å². The standard InChI is InChI=1S/C6H13O9P.7C6H12O6/c7-1-3(8)5(10)6(11)4(9)2-15-16(12,13)14;7*7-1-3(9)5(11)6(12)4(10)2-8/h1,3-6,8-11H,2H2,(H2,12,13,14);7*1,3-6,8-12H,2H2/t2*3-,4+,5+,6+;3-,4+,5+,6-;3-,4+,5-,6-;3-,4-,5+,6+;3-,4-,5+,6-;3-,4-,5-,6+;3-,4-,5-,6-/m00001111/s1. The van der Waals surface area contributed by atoms with Crippen molar-refractivity contribution >= 4 is 58.1 Å². The first-order valence-electron chi connectivity index (χ1n) is 27.3. The molecule has 32 atom stereocenters. The maximum Gasteiger partial charge on any atom is 0.469 e.